The van der Waals surface area contributed by atoms with E-state index in [1.54, 1.807) is 7.05 Å². The summed E-state index contributed by atoms with van der Waals surface area (Å²) in [6, 6.07) is 12.2. The molecule has 1 N–H and O–H groups in total. The minimum Gasteiger partial charge on any atom is -0.490 e. The largest absolute Gasteiger partial charge is 0.490 e. The van der Waals surface area contributed by atoms with Crippen LogP contribution >= 0.6 is 11.6 Å². The Morgan fingerprint density at radius 3 is 2.90 bits per heavy atom. The van der Waals surface area contributed by atoms with Crippen molar-refractivity contribution in [2.45, 2.75) is 69.8 Å². The lowest BCUT2D eigenvalue weighted by Crippen LogP contribution is -2.49. The van der Waals surface area contributed by atoms with Gasteiger partial charge in [0.25, 0.3) is 5.91 Å². The van der Waals surface area contributed by atoms with E-state index in [0.29, 0.717) is 24.0 Å². The van der Waals surface area contributed by atoms with Crippen molar-refractivity contribution in [3.8, 4) is 5.75 Å². The predicted octanol–water partition coefficient (Wildman–Crippen LogP) is 6.96. The smallest absolute Gasteiger partial charge is 0.251 e. The van der Waals surface area contributed by atoms with Crippen molar-refractivity contribution in [3.63, 3.8) is 0 Å². The summed E-state index contributed by atoms with van der Waals surface area (Å²) >= 11 is 6.41. The first-order valence-corrected chi connectivity index (χ1v) is 15.1. The first-order valence-electron chi connectivity index (χ1n) is 14.7. The van der Waals surface area contributed by atoms with Gasteiger partial charge in [-0.2, -0.15) is 0 Å². The zero-order valence-corrected chi connectivity index (χ0v) is 24.4. The molecular weight excluding hydrogens is 508 g/mol. The van der Waals surface area contributed by atoms with Crippen molar-refractivity contribution in [2.75, 3.05) is 38.8 Å². The first-order chi connectivity index (χ1) is 19.0. The quantitative estimate of drug-likeness (QED) is 0.271. The minimum absolute atomic E-state index is 0.0763. The van der Waals surface area contributed by atoms with Crippen LogP contribution in [0.4, 0.5) is 5.69 Å². The van der Waals surface area contributed by atoms with Crippen LogP contribution in [0.25, 0.3) is 0 Å². The van der Waals surface area contributed by atoms with Crippen LogP contribution in [0.1, 0.15) is 73.4 Å². The summed E-state index contributed by atoms with van der Waals surface area (Å²) in [6.07, 6.45) is 13.9. The average Bonchev–Trinajstić information content (AvgIpc) is 3.09. The molecule has 3 aliphatic rings. The van der Waals surface area contributed by atoms with Crippen molar-refractivity contribution in [1.82, 2.24) is 5.32 Å². The highest BCUT2D eigenvalue weighted by Gasteiger charge is 2.44. The maximum Gasteiger partial charge on any atom is 0.251 e. The van der Waals surface area contributed by atoms with Gasteiger partial charge in [0.1, 0.15) is 5.75 Å². The zero-order valence-electron chi connectivity index (χ0n) is 23.7. The molecule has 0 saturated heterocycles. The zero-order chi connectivity index (χ0) is 27.4. The van der Waals surface area contributed by atoms with Gasteiger partial charge in [0.2, 0.25) is 0 Å². The molecule has 2 aromatic rings. The van der Waals surface area contributed by atoms with Crippen molar-refractivity contribution >= 4 is 23.2 Å². The number of anilines is 1. The van der Waals surface area contributed by atoms with Gasteiger partial charge < -0.3 is 19.7 Å². The summed E-state index contributed by atoms with van der Waals surface area (Å²) in [6.45, 7) is 4.64. The third kappa shape index (κ3) is 5.85. The number of methoxy groups -OCH3 is 1. The second-order valence-electron chi connectivity index (χ2n) is 11.6. The molecule has 4 atom stereocenters. The van der Waals surface area contributed by atoms with Gasteiger partial charge in [0, 0.05) is 43.2 Å². The van der Waals surface area contributed by atoms with Crippen LogP contribution < -0.4 is 15.0 Å². The molecule has 1 saturated carbocycles. The summed E-state index contributed by atoms with van der Waals surface area (Å²) < 4.78 is 12.6. The number of benzene rings is 2. The molecule has 1 aliphatic heterocycles. The first kappa shape index (κ1) is 28.0. The molecule has 2 aliphatic carbocycles. The van der Waals surface area contributed by atoms with E-state index in [-0.39, 0.29) is 17.4 Å². The van der Waals surface area contributed by atoms with Crippen LogP contribution in [0, 0.1) is 11.8 Å². The standard InChI is InChI=1S/C33H43ClN2O3/c1-4-5-6-7-10-30(38-3)27-14-11-25(27)20-36-21-33(17-8-9-23-18-26(34)13-15-28(23)33)22-39-31-16-12-24(19-29(31)36)32(37)35-2/h7,10,12-13,15-16,18-19,25,27,30H,4-6,8-9,11,14,17,20-22H2,1-3H3,(H,35,37)/b10-7+/t25-,27+,30-,33-/m0/s1. The third-order valence-corrected chi connectivity index (χ3v) is 9.44. The number of aryl methyl sites for hydroxylation is 1. The van der Waals surface area contributed by atoms with Gasteiger partial charge in [0.05, 0.1) is 18.4 Å². The number of halogens is 1. The molecule has 210 valence electrons. The van der Waals surface area contributed by atoms with E-state index in [4.69, 9.17) is 21.1 Å². The second kappa shape index (κ2) is 12.3. The van der Waals surface area contributed by atoms with Gasteiger partial charge in [-0.3, -0.25) is 4.79 Å². The fourth-order valence-electron chi connectivity index (χ4n) is 6.89. The monoisotopic (exact) mass is 550 g/mol. The second-order valence-corrected chi connectivity index (χ2v) is 12.1. The molecule has 39 heavy (non-hydrogen) atoms. The lowest BCUT2D eigenvalue weighted by atomic mass is 9.68. The van der Waals surface area contributed by atoms with E-state index in [1.807, 2.05) is 31.4 Å². The van der Waals surface area contributed by atoms with E-state index in [9.17, 15) is 4.79 Å². The molecule has 1 heterocycles. The maximum atomic E-state index is 12.6. The lowest BCUT2D eigenvalue weighted by molar-refractivity contribution is 0.0132. The number of hydrogen-bond donors (Lipinski definition) is 1. The fraction of sp³-hybridized carbons (Fsp3) is 0.545. The Morgan fingerprint density at radius 1 is 1.28 bits per heavy atom. The number of ether oxygens (including phenoxy) is 2. The molecule has 5 rings (SSSR count). The molecule has 5 nitrogen and oxygen atoms in total. The van der Waals surface area contributed by atoms with E-state index in [0.717, 1.165) is 55.2 Å². The summed E-state index contributed by atoms with van der Waals surface area (Å²) in [5, 5.41) is 3.58. The topological polar surface area (TPSA) is 50.8 Å². The number of rotatable bonds is 9. The van der Waals surface area contributed by atoms with E-state index in [1.165, 1.54) is 36.8 Å². The van der Waals surface area contributed by atoms with E-state index in [2.05, 4.69) is 41.4 Å². The summed E-state index contributed by atoms with van der Waals surface area (Å²) in [7, 11) is 3.52. The average molecular weight is 551 g/mol. The molecule has 0 bridgehead atoms. The Morgan fingerprint density at radius 2 is 2.15 bits per heavy atom. The molecule has 0 radical (unpaired) electrons. The van der Waals surface area contributed by atoms with Crippen molar-refractivity contribution in [1.29, 1.82) is 0 Å². The Kier molecular flexibility index (Phi) is 8.88. The van der Waals surface area contributed by atoms with Crippen molar-refractivity contribution in [3.05, 3.63) is 70.3 Å². The summed E-state index contributed by atoms with van der Waals surface area (Å²) in [4.78, 5) is 15.1. The molecule has 1 spiro atoms. The minimum atomic E-state index is -0.121. The molecular formula is C33H43ClN2O3. The summed E-state index contributed by atoms with van der Waals surface area (Å²) in [5.41, 5.74) is 4.26. The Labute approximate surface area is 238 Å². The Bertz CT molecular complexity index is 1200. The molecule has 6 heteroatoms. The third-order valence-electron chi connectivity index (χ3n) is 9.20. The van der Waals surface area contributed by atoms with Gasteiger partial charge in [0.15, 0.2) is 0 Å². The van der Waals surface area contributed by atoms with Crippen molar-refractivity contribution < 1.29 is 14.3 Å². The van der Waals surface area contributed by atoms with Gasteiger partial charge in [-0.05, 0) is 91.8 Å². The number of nitrogens with one attached hydrogen (secondary N) is 1. The predicted molar refractivity (Wildman–Crippen MR) is 159 cm³/mol. The van der Waals surface area contributed by atoms with E-state index < -0.39 is 0 Å². The normalized spacial score (nSPS) is 24.9. The number of carbonyl (C=O) groups excluding carboxylic acids is 1. The highest BCUT2D eigenvalue weighted by Crippen LogP contribution is 2.47. The van der Waals surface area contributed by atoms with Crippen LogP contribution in [0.5, 0.6) is 5.75 Å². The number of nitrogens with zero attached hydrogens (tertiary/aromatic N) is 1. The Balaban J connectivity index is 1.47. The molecule has 1 amide bonds. The van der Waals surface area contributed by atoms with Crippen molar-refractivity contribution in [2.24, 2.45) is 11.8 Å². The highest BCUT2D eigenvalue weighted by molar-refractivity contribution is 6.30. The molecule has 1 fully saturated rings. The van der Waals surface area contributed by atoms with Gasteiger partial charge in [-0.25, -0.2) is 0 Å². The van der Waals surface area contributed by atoms with Crippen LogP contribution in [0.15, 0.2) is 48.6 Å². The SMILES string of the molecule is CCCC/C=C/[C@H](OC)[C@@H]1CC[C@H]1CN1C[C@@]2(CCCc3cc(Cl)ccc32)COc2ccc(C(=O)NC)cc21. The van der Waals surface area contributed by atoms with Crippen LogP contribution in [0.2, 0.25) is 5.02 Å². The van der Waals surface area contributed by atoms with Gasteiger partial charge in [-0.15, -0.1) is 0 Å². The number of allylic oxidation sites excluding steroid dienone is 1. The molecule has 0 aromatic heterocycles. The van der Waals surface area contributed by atoms with Crippen LogP contribution in [-0.4, -0.2) is 45.9 Å². The Hall–Kier alpha value is -2.50. The fourth-order valence-corrected chi connectivity index (χ4v) is 7.08. The maximum absolute atomic E-state index is 12.6. The van der Waals surface area contributed by atoms with Crippen LogP contribution in [0.3, 0.4) is 0 Å². The number of fused-ring (bicyclic) bond motifs is 3. The number of amides is 1. The number of carbonyl (C=O) groups is 1. The molecule has 2 aromatic carbocycles. The number of unbranched alkanes of at least 4 members (excludes halogenated alkanes) is 2. The molecule has 0 unspecified atom stereocenters. The summed E-state index contributed by atoms with van der Waals surface area (Å²) in [5.74, 6) is 1.80. The van der Waals surface area contributed by atoms with Gasteiger partial charge in [-0.1, -0.05) is 49.6 Å². The van der Waals surface area contributed by atoms with Crippen LogP contribution in [-0.2, 0) is 16.6 Å². The highest BCUT2D eigenvalue weighted by atomic mass is 35.5. The lowest BCUT2D eigenvalue weighted by Gasteiger charge is -2.46. The number of hydrogen-bond acceptors (Lipinski definition) is 4. The van der Waals surface area contributed by atoms with E-state index >= 15 is 0 Å². The van der Waals surface area contributed by atoms with Gasteiger partial charge >= 0.3 is 0 Å².